The minimum Gasteiger partial charge on any atom is -0.459 e. The standard InChI is InChI=1S/C29H35ClF3N4O6P/c1-5-7-24(29(31,32)33)20(6-2)17-41-26(38)28(13-14-28)36-44(43-22-10-8-21(30)9-11-22)42-18-23(40-4)16-19(3)37-15-12-25(34)35-27(37)39/h5-12,15,19,23,36H,2,13-14,16-18H2,1,3-4H3,(H2,34,35,39)/b7-5-,24-20-. The Morgan fingerprint density at radius 3 is 2.52 bits per heavy atom. The van der Waals surface area contributed by atoms with Crippen LogP contribution in [-0.4, -0.2) is 53.7 Å². The Morgan fingerprint density at radius 2 is 1.98 bits per heavy atom. The first-order chi connectivity index (χ1) is 20.8. The fourth-order valence-corrected chi connectivity index (χ4v) is 5.62. The molecule has 1 aromatic carbocycles. The average molecular weight is 659 g/mol. The molecule has 3 unspecified atom stereocenters. The predicted octanol–water partition coefficient (Wildman–Crippen LogP) is 6.05. The second-order valence-corrected chi connectivity index (χ2v) is 11.6. The number of esters is 1. The lowest BCUT2D eigenvalue weighted by Gasteiger charge is -2.26. The van der Waals surface area contributed by atoms with Crippen LogP contribution in [0.25, 0.3) is 0 Å². The van der Waals surface area contributed by atoms with Crippen LogP contribution in [0.4, 0.5) is 19.0 Å². The van der Waals surface area contributed by atoms with Crippen LogP contribution in [0.3, 0.4) is 0 Å². The van der Waals surface area contributed by atoms with Gasteiger partial charge in [0.2, 0.25) is 0 Å². The van der Waals surface area contributed by atoms with Crippen molar-refractivity contribution in [3.8, 4) is 5.75 Å². The number of nitrogen functional groups attached to an aromatic ring is 1. The van der Waals surface area contributed by atoms with Gasteiger partial charge in [-0.1, -0.05) is 36.4 Å². The number of carbonyl (C=O) groups is 1. The normalized spacial score (nSPS) is 17.0. The van der Waals surface area contributed by atoms with E-state index in [1.807, 2.05) is 6.92 Å². The van der Waals surface area contributed by atoms with Gasteiger partial charge in [0, 0.05) is 29.9 Å². The number of nitrogens with zero attached hydrogens (tertiary/aromatic N) is 2. The van der Waals surface area contributed by atoms with Crippen LogP contribution in [0, 0.1) is 0 Å². The van der Waals surface area contributed by atoms with Crippen LogP contribution in [0.5, 0.6) is 5.75 Å². The molecule has 0 radical (unpaired) electrons. The van der Waals surface area contributed by atoms with Crippen LogP contribution in [0.1, 0.15) is 39.2 Å². The Balaban J connectivity index is 1.73. The molecule has 3 N–H and O–H groups in total. The topological polar surface area (TPSA) is 127 Å². The van der Waals surface area contributed by atoms with Crippen LogP contribution >= 0.6 is 20.1 Å². The molecule has 0 saturated heterocycles. The molecule has 1 aliphatic rings. The lowest BCUT2D eigenvalue weighted by molar-refractivity contribution is -0.146. The minimum absolute atomic E-state index is 0.0110. The van der Waals surface area contributed by atoms with Gasteiger partial charge in [-0.3, -0.25) is 9.36 Å². The van der Waals surface area contributed by atoms with E-state index in [4.69, 9.17) is 35.9 Å². The molecule has 1 aromatic heterocycles. The molecule has 3 rings (SSSR count). The molecule has 15 heteroatoms. The zero-order valence-electron chi connectivity index (χ0n) is 24.5. The highest BCUT2D eigenvalue weighted by atomic mass is 35.5. The predicted molar refractivity (Wildman–Crippen MR) is 162 cm³/mol. The van der Waals surface area contributed by atoms with Crippen molar-refractivity contribution in [2.45, 2.75) is 57.0 Å². The van der Waals surface area contributed by atoms with Gasteiger partial charge < -0.3 is 24.3 Å². The van der Waals surface area contributed by atoms with Gasteiger partial charge in [0.15, 0.2) is 0 Å². The van der Waals surface area contributed by atoms with E-state index in [0.717, 1.165) is 12.2 Å². The van der Waals surface area contributed by atoms with E-state index in [1.54, 1.807) is 30.5 Å². The third-order valence-electron chi connectivity index (χ3n) is 6.68. The Hall–Kier alpha value is -3.22. The second kappa shape index (κ2) is 15.7. The highest BCUT2D eigenvalue weighted by Gasteiger charge is 2.54. The molecule has 1 saturated carbocycles. The minimum atomic E-state index is -4.65. The van der Waals surface area contributed by atoms with Crippen molar-refractivity contribution < 1.29 is 36.5 Å². The van der Waals surface area contributed by atoms with Gasteiger partial charge in [-0.15, -0.1) is 0 Å². The summed E-state index contributed by atoms with van der Waals surface area (Å²) in [5.41, 5.74) is 2.64. The molecule has 1 heterocycles. The Labute approximate surface area is 259 Å². The molecular formula is C29H35ClF3N4O6P. The van der Waals surface area contributed by atoms with Crippen molar-refractivity contribution in [1.82, 2.24) is 14.6 Å². The number of carbonyl (C=O) groups excluding carboxylic acids is 1. The zero-order valence-corrected chi connectivity index (χ0v) is 26.1. The third-order valence-corrected chi connectivity index (χ3v) is 8.30. The van der Waals surface area contributed by atoms with Gasteiger partial charge in [0.05, 0.1) is 18.3 Å². The van der Waals surface area contributed by atoms with E-state index >= 15 is 0 Å². The van der Waals surface area contributed by atoms with Crippen LogP contribution < -0.4 is 21.0 Å². The summed E-state index contributed by atoms with van der Waals surface area (Å²) in [7, 11) is -0.500. The number of rotatable bonds is 16. The zero-order chi connectivity index (χ0) is 32.5. The quantitative estimate of drug-likeness (QED) is 0.126. The number of anilines is 1. The molecule has 0 amide bonds. The van der Waals surface area contributed by atoms with Crippen molar-refractivity contribution in [3.05, 3.63) is 88.0 Å². The molecular weight excluding hydrogens is 624 g/mol. The molecule has 0 bridgehead atoms. The number of nitrogens with two attached hydrogens (primary N) is 1. The Morgan fingerprint density at radius 1 is 1.30 bits per heavy atom. The molecule has 1 aliphatic carbocycles. The van der Waals surface area contributed by atoms with E-state index in [2.05, 4.69) is 16.7 Å². The van der Waals surface area contributed by atoms with Crippen molar-refractivity contribution in [3.63, 3.8) is 0 Å². The van der Waals surface area contributed by atoms with Gasteiger partial charge in [-0.25, -0.2) is 9.88 Å². The van der Waals surface area contributed by atoms with E-state index < -0.39 is 50.2 Å². The maximum absolute atomic E-state index is 13.5. The first-order valence-electron chi connectivity index (χ1n) is 13.6. The number of methoxy groups -OCH3 is 1. The number of benzene rings is 1. The molecule has 44 heavy (non-hydrogen) atoms. The average Bonchev–Trinajstić information content (AvgIpc) is 3.75. The molecule has 0 aliphatic heterocycles. The van der Waals surface area contributed by atoms with E-state index in [-0.39, 0.29) is 24.0 Å². The Bertz CT molecular complexity index is 1410. The number of alkyl halides is 3. The fraction of sp³-hybridized carbons (Fsp3) is 0.414. The van der Waals surface area contributed by atoms with E-state index in [1.165, 1.54) is 30.7 Å². The summed E-state index contributed by atoms with van der Waals surface area (Å²) < 4.78 is 65.0. The molecule has 240 valence electrons. The smallest absolute Gasteiger partial charge is 0.416 e. The highest BCUT2D eigenvalue weighted by Crippen LogP contribution is 2.47. The van der Waals surface area contributed by atoms with E-state index in [9.17, 15) is 22.8 Å². The maximum atomic E-state index is 13.5. The number of hydrogen-bond donors (Lipinski definition) is 2. The van der Waals surface area contributed by atoms with Crippen LogP contribution in [-0.2, 0) is 18.8 Å². The van der Waals surface area contributed by atoms with Crippen LogP contribution in [0.15, 0.2) is 77.3 Å². The van der Waals surface area contributed by atoms with Crippen molar-refractivity contribution in [2.24, 2.45) is 0 Å². The summed E-state index contributed by atoms with van der Waals surface area (Å²) >= 11 is 5.99. The largest absolute Gasteiger partial charge is 0.459 e. The van der Waals surface area contributed by atoms with Gasteiger partial charge in [0.25, 0.3) is 0 Å². The second-order valence-electron chi connectivity index (χ2n) is 9.99. The molecule has 1 fully saturated rings. The number of allylic oxidation sites excluding steroid dienone is 3. The van der Waals surface area contributed by atoms with Crippen LogP contribution in [0.2, 0.25) is 5.02 Å². The highest BCUT2D eigenvalue weighted by molar-refractivity contribution is 7.45. The summed E-state index contributed by atoms with van der Waals surface area (Å²) in [6.07, 6.45) is 0.629. The monoisotopic (exact) mass is 658 g/mol. The molecule has 10 nitrogen and oxygen atoms in total. The molecule has 0 spiro atoms. The summed E-state index contributed by atoms with van der Waals surface area (Å²) in [4.78, 5) is 29.1. The molecule has 3 atom stereocenters. The van der Waals surface area contributed by atoms with Crippen molar-refractivity contribution >= 4 is 31.9 Å². The van der Waals surface area contributed by atoms with Gasteiger partial charge in [-0.2, -0.15) is 18.2 Å². The molecule has 2 aromatic rings. The van der Waals surface area contributed by atoms with Gasteiger partial charge in [0.1, 0.15) is 23.7 Å². The van der Waals surface area contributed by atoms with Gasteiger partial charge >= 0.3 is 26.4 Å². The number of aromatic nitrogens is 2. The lowest BCUT2D eigenvalue weighted by atomic mass is 10.1. The van der Waals surface area contributed by atoms with Crippen molar-refractivity contribution in [1.29, 1.82) is 0 Å². The SMILES string of the molecule is C=C/C(COC(=O)C1(NP(OCC(CC(C)n2ccc(N)nc2=O)OC)Oc2ccc(Cl)cc2)CC1)=C(\C=C/C)C(F)(F)F. The first kappa shape index (κ1) is 35.3. The summed E-state index contributed by atoms with van der Waals surface area (Å²) in [5, 5.41) is 3.56. The number of ether oxygens (including phenoxy) is 2. The number of halogens is 4. The summed E-state index contributed by atoms with van der Waals surface area (Å²) in [5.74, 6) is -0.233. The van der Waals surface area contributed by atoms with E-state index in [0.29, 0.717) is 30.0 Å². The summed E-state index contributed by atoms with van der Waals surface area (Å²) in [6, 6.07) is 7.69. The van der Waals surface area contributed by atoms with Crippen molar-refractivity contribution in [2.75, 3.05) is 26.1 Å². The third kappa shape index (κ3) is 9.90. The maximum Gasteiger partial charge on any atom is 0.416 e. The number of nitrogens with one attached hydrogen (secondary N) is 1. The fourth-order valence-electron chi connectivity index (χ4n) is 4.05. The Kier molecular flexibility index (Phi) is 12.6. The summed E-state index contributed by atoms with van der Waals surface area (Å²) in [6.45, 7) is 6.11. The first-order valence-corrected chi connectivity index (χ1v) is 15.1. The van der Waals surface area contributed by atoms with Gasteiger partial charge in [-0.05, 0) is 63.4 Å². The lowest BCUT2D eigenvalue weighted by Crippen LogP contribution is -2.39. The number of hydrogen-bond acceptors (Lipinski definition) is 9.